The van der Waals surface area contributed by atoms with Gasteiger partial charge in [0, 0.05) is 5.56 Å². The Bertz CT molecular complexity index is 603. The second-order valence-electron chi connectivity index (χ2n) is 4.43. The van der Waals surface area contributed by atoms with E-state index >= 15 is 0 Å². The topological polar surface area (TPSA) is 103 Å². The van der Waals surface area contributed by atoms with Crippen molar-refractivity contribution in [3.8, 4) is 0 Å². The molecule has 0 fully saturated rings. The van der Waals surface area contributed by atoms with Crippen LogP contribution in [0.4, 0.5) is 0 Å². The number of esters is 1. The average Bonchev–Trinajstić information content (AvgIpc) is 2.81. The molecule has 7 nitrogen and oxygen atoms in total. The number of carbonyl (C=O) groups is 2. The molecule has 1 rings (SSSR count). The Kier molecular flexibility index (Phi) is 4.93. The highest BCUT2D eigenvalue weighted by Gasteiger charge is 2.33. The number of amides is 1. The first kappa shape index (κ1) is 16.2. The maximum absolute atomic E-state index is 12.0. The summed E-state index contributed by atoms with van der Waals surface area (Å²) >= 11 is 0. The molecule has 0 unspecified atom stereocenters. The van der Waals surface area contributed by atoms with Crippen molar-refractivity contribution < 1.29 is 27.2 Å². The summed E-state index contributed by atoms with van der Waals surface area (Å²) in [5.41, 5.74) is 0.520. The minimum atomic E-state index is -4.02. The van der Waals surface area contributed by atoms with Crippen molar-refractivity contribution in [1.82, 2.24) is 4.72 Å². The van der Waals surface area contributed by atoms with Gasteiger partial charge in [0.25, 0.3) is 0 Å². The number of sulfonamides is 1. The number of rotatable bonds is 5. The lowest BCUT2D eigenvalue weighted by molar-refractivity contribution is -0.144. The van der Waals surface area contributed by atoms with Gasteiger partial charge in [-0.15, -0.1) is 0 Å². The second kappa shape index (κ2) is 6.08. The van der Waals surface area contributed by atoms with Gasteiger partial charge in [0.1, 0.15) is 0 Å². The van der Waals surface area contributed by atoms with E-state index in [9.17, 15) is 18.0 Å². The molecule has 0 aliphatic heterocycles. The highest BCUT2D eigenvalue weighted by Crippen LogP contribution is 2.15. The quantitative estimate of drug-likeness (QED) is 0.809. The van der Waals surface area contributed by atoms with Gasteiger partial charge in [0.05, 0.1) is 24.5 Å². The van der Waals surface area contributed by atoms with Crippen molar-refractivity contribution >= 4 is 21.9 Å². The maximum Gasteiger partial charge on any atom is 0.309 e. The van der Waals surface area contributed by atoms with Crippen LogP contribution in [0.2, 0.25) is 0 Å². The standard InChI is InChI=1S/C12H17NO6S/c1-7-5-6-19-10(7)11(14)13-20(16,17)9(3)8(2)12(15)18-4/h5-6,8-9H,1-4H3,(H,13,14)/t8-,9+/m1/s1. The number of furan rings is 1. The van der Waals surface area contributed by atoms with Crippen LogP contribution < -0.4 is 4.72 Å². The third-order valence-corrected chi connectivity index (χ3v) is 4.93. The monoisotopic (exact) mass is 303 g/mol. The Hall–Kier alpha value is -1.83. The lowest BCUT2D eigenvalue weighted by Gasteiger charge is -2.18. The van der Waals surface area contributed by atoms with Crippen LogP contribution >= 0.6 is 0 Å². The van der Waals surface area contributed by atoms with Crippen molar-refractivity contribution in [3.05, 3.63) is 23.7 Å². The van der Waals surface area contributed by atoms with E-state index in [0.717, 1.165) is 0 Å². The molecule has 0 saturated carbocycles. The molecule has 20 heavy (non-hydrogen) atoms. The van der Waals surface area contributed by atoms with E-state index in [0.29, 0.717) is 5.56 Å². The van der Waals surface area contributed by atoms with Crippen LogP contribution in [-0.4, -0.2) is 32.7 Å². The third-order valence-electron chi connectivity index (χ3n) is 3.07. The van der Waals surface area contributed by atoms with Gasteiger partial charge in [-0.25, -0.2) is 13.1 Å². The fourth-order valence-corrected chi connectivity index (χ4v) is 2.71. The highest BCUT2D eigenvalue weighted by molar-refractivity contribution is 7.90. The Morgan fingerprint density at radius 1 is 1.35 bits per heavy atom. The van der Waals surface area contributed by atoms with Gasteiger partial charge < -0.3 is 9.15 Å². The van der Waals surface area contributed by atoms with Crippen LogP contribution in [-0.2, 0) is 19.6 Å². The normalized spacial score (nSPS) is 14.4. The zero-order valence-corrected chi connectivity index (χ0v) is 12.5. The predicted octanol–water partition coefficient (Wildman–Crippen LogP) is 0.845. The molecule has 112 valence electrons. The summed E-state index contributed by atoms with van der Waals surface area (Å²) in [5.74, 6) is -2.50. The minimum absolute atomic E-state index is 0.0773. The molecule has 0 radical (unpaired) electrons. The van der Waals surface area contributed by atoms with E-state index in [1.807, 2.05) is 4.72 Å². The number of methoxy groups -OCH3 is 1. The summed E-state index contributed by atoms with van der Waals surface area (Å²) in [6, 6.07) is 1.54. The van der Waals surface area contributed by atoms with Crippen LogP contribution in [0, 0.1) is 12.8 Å². The zero-order chi connectivity index (χ0) is 15.5. The van der Waals surface area contributed by atoms with Gasteiger partial charge in [-0.05, 0) is 19.9 Å². The molecule has 0 aromatic carbocycles. The summed E-state index contributed by atoms with van der Waals surface area (Å²) in [5, 5.41) is -1.12. The number of ether oxygens (including phenoxy) is 1. The molecule has 1 amide bonds. The van der Waals surface area contributed by atoms with Crippen molar-refractivity contribution in [2.75, 3.05) is 7.11 Å². The Morgan fingerprint density at radius 3 is 2.40 bits per heavy atom. The lowest BCUT2D eigenvalue weighted by atomic mass is 10.1. The number of carbonyl (C=O) groups excluding carboxylic acids is 2. The van der Waals surface area contributed by atoms with E-state index in [1.54, 1.807) is 13.0 Å². The zero-order valence-electron chi connectivity index (χ0n) is 11.7. The first-order chi connectivity index (χ1) is 9.20. The molecular formula is C12H17NO6S. The molecule has 2 atom stereocenters. The molecule has 0 saturated heterocycles. The van der Waals surface area contributed by atoms with Gasteiger partial charge >= 0.3 is 11.9 Å². The summed E-state index contributed by atoms with van der Waals surface area (Å²) in [7, 11) is -2.85. The summed E-state index contributed by atoms with van der Waals surface area (Å²) < 4.78 is 35.3. The fraction of sp³-hybridized carbons (Fsp3) is 0.500. The molecular weight excluding hydrogens is 286 g/mol. The Morgan fingerprint density at radius 2 is 1.95 bits per heavy atom. The van der Waals surface area contributed by atoms with E-state index in [4.69, 9.17) is 4.42 Å². The first-order valence-corrected chi connectivity index (χ1v) is 7.43. The SMILES string of the molecule is COC(=O)[C@H](C)[C@H](C)S(=O)(=O)NC(=O)c1occc1C. The van der Waals surface area contributed by atoms with E-state index in [1.165, 1.54) is 27.2 Å². The highest BCUT2D eigenvalue weighted by atomic mass is 32.2. The van der Waals surface area contributed by atoms with E-state index < -0.39 is 33.1 Å². The van der Waals surface area contributed by atoms with Crippen molar-refractivity contribution in [1.29, 1.82) is 0 Å². The number of nitrogens with one attached hydrogen (secondary N) is 1. The van der Waals surface area contributed by atoms with E-state index in [-0.39, 0.29) is 5.76 Å². The molecule has 1 heterocycles. The molecule has 0 spiro atoms. The molecule has 1 N–H and O–H groups in total. The van der Waals surface area contributed by atoms with Gasteiger partial charge in [-0.2, -0.15) is 0 Å². The molecule has 0 aliphatic rings. The van der Waals surface area contributed by atoms with Crippen LogP contribution in [0.25, 0.3) is 0 Å². The van der Waals surface area contributed by atoms with Gasteiger partial charge in [-0.3, -0.25) is 9.59 Å². The molecule has 8 heteroatoms. The number of hydrogen-bond donors (Lipinski definition) is 1. The maximum atomic E-state index is 12.0. The van der Waals surface area contributed by atoms with Crippen molar-refractivity contribution in [2.24, 2.45) is 5.92 Å². The fourth-order valence-electron chi connectivity index (χ4n) is 1.52. The molecule has 0 aliphatic carbocycles. The summed E-state index contributed by atoms with van der Waals surface area (Å²) in [6.07, 6.45) is 1.29. The molecule has 0 bridgehead atoms. The minimum Gasteiger partial charge on any atom is -0.469 e. The van der Waals surface area contributed by atoms with Crippen molar-refractivity contribution in [3.63, 3.8) is 0 Å². The lowest BCUT2D eigenvalue weighted by Crippen LogP contribution is -2.42. The third kappa shape index (κ3) is 3.38. The van der Waals surface area contributed by atoms with Gasteiger partial charge in [0.15, 0.2) is 5.76 Å². The molecule has 1 aromatic rings. The number of aryl methyl sites for hydroxylation is 1. The smallest absolute Gasteiger partial charge is 0.309 e. The molecule has 1 aromatic heterocycles. The van der Waals surface area contributed by atoms with Crippen LogP contribution in [0.1, 0.15) is 30.0 Å². The first-order valence-electron chi connectivity index (χ1n) is 5.88. The average molecular weight is 303 g/mol. The number of hydrogen-bond acceptors (Lipinski definition) is 6. The largest absolute Gasteiger partial charge is 0.469 e. The van der Waals surface area contributed by atoms with E-state index in [2.05, 4.69) is 4.74 Å². The summed E-state index contributed by atoms with van der Waals surface area (Å²) in [4.78, 5) is 23.2. The second-order valence-corrected chi connectivity index (χ2v) is 6.46. The van der Waals surface area contributed by atoms with Crippen LogP contribution in [0.15, 0.2) is 16.7 Å². The van der Waals surface area contributed by atoms with Crippen molar-refractivity contribution in [2.45, 2.75) is 26.0 Å². The van der Waals surface area contributed by atoms with Gasteiger partial charge in [0.2, 0.25) is 10.0 Å². The van der Waals surface area contributed by atoms with Gasteiger partial charge in [-0.1, -0.05) is 6.92 Å². The Balaban J connectivity index is 2.88. The van der Waals surface area contributed by atoms with Crippen LogP contribution in [0.5, 0.6) is 0 Å². The predicted molar refractivity (Wildman–Crippen MR) is 70.5 cm³/mol. The Labute approximate surface area is 117 Å². The van der Waals surface area contributed by atoms with Crippen LogP contribution in [0.3, 0.4) is 0 Å². The summed E-state index contributed by atoms with van der Waals surface area (Å²) in [6.45, 7) is 4.36.